The molecule has 3 aromatic carbocycles. The number of carbonyl (C=O) groups excluding carboxylic acids is 2. The van der Waals surface area contributed by atoms with E-state index >= 15 is 0 Å². The summed E-state index contributed by atoms with van der Waals surface area (Å²) in [5.41, 5.74) is 0.948. The highest BCUT2D eigenvalue weighted by Crippen LogP contribution is 2.36. The highest BCUT2D eigenvalue weighted by atomic mass is 79.9. The molecule has 0 bridgehead atoms. The fourth-order valence-electron chi connectivity index (χ4n) is 6.60. The van der Waals surface area contributed by atoms with Crippen LogP contribution in [-0.4, -0.2) is 62.8 Å². The van der Waals surface area contributed by atoms with E-state index in [1.165, 1.54) is 26.2 Å². The Morgan fingerprint density at radius 1 is 1.06 bits per heavy atom. The predicted molar refractivity (Wildman–Crippen MR) is 192 cm³/mol. The zero-order valence-electron chi connectivity index (χ0n) is 28.4. The Labute approximate surface area is 308 Å². The van der Waals surface area contributed by atoms with Crippen molar-refractivity contribution in [3.8, 4) is 17.1 Å². The van der Waals surface area contributed by atoms with Gasteiger partial charge in [-0.3, -0.25) is 23.4 Å². The number of benzene rings is 3. The summed E-state index contributed by atoms with van der Waals surface area (Å²) < 4.78 is 45.4. The first-order valence-corrected chi connectivity index (χ1v) is 17.4. The maximum Gasteiger partial charge on any atom is 0.417 e. The molecular formula is C37H32BrF3N8O4. The summed E-state index contributed by atoms with van der Waals surface area (Å²) in [5, 5.41) is 17.9. The van der Waals surface area contributed by atoms with E-state index in [2.05, 4.69) is 36.3 Å². The van der Waals surface area contributed by atoms with Crippen LogP contribution in [0.4, 0.5) is 13.2 Å². The molecule has 0 unspecified atom stereocenters. The standard InChI is InChI=1S/C37H32BrF3N8O4/c1-21-18-47-31(20-46(21)35(52)23-8-10-29(38)28(15-23)37(39,40)41)32(34(51)44-16-24-6-3-4-7-27(24)33-42-12-5-13-43-33)49(36(47)53)26-9-11-30-25(14-26)17-45-48(30)19-22(2)50/h3-15,17,21-22,50H,16,18-20H2,1-2H3,(H,44,51)/t21-,22-/m0/s1. The fourth-order valence-corrected chi connectivity index (χ4v) is 7.07. The second kappa shape index (κ2) is 14.1. The van der Waals surface area contributed by atoms with Gasteiger partial charge in [-0.15, -0.1) is 0 Å². The van der Waals surface area contributed by atoms with Crippen LogP contribution in [0.15, 0.2) is 94.6 Å². The first-order chi connectivity index (χ1) is 25.3. The first-order valence-electron chi connectivity index (χ1n) is 16.6. The van der Waals surface area contributed by atoms with Crippen molar-refractivity contribution in [2.24, 2.45) is 0 Å². The second-order valence-electron chi connectivity index (χ2n) is 12.8. The number of amides is 2. The van der Waals surface area contributed by atoms with Crippen LogP contribution in [0, 0.1) is 0 Å². The zero-order chi connectivity index (χ0) is 37.6. The summed E-state index contributed by atoms with van der Waals surface area (Å²) >= 11 is 2.93. The number of carbonyl (C=O) groups is 2. The summed E-state index contributed by atoms with van der Waals surface area (Å²) in [6.45, 7) is 3.37. The molecule has 53 heavy (non-hydrogen) atoms. The van der Waals surface area contributed by atoms with Gasteiger partial charge in [0.25, 0.3) is 11.8 Å². The maximum atomic E-state index is 14.4. The Bertz CT molecular complexity index is 2420. The molecule has 1 aliphatic rings. The summed E-state index contributed by atoms with van der Waals surface area (Å²) in [7, 11) is 0. The molecule has 0 saturated heterocycles. The van der Waals surface area contributed by atoms with Gasteiger partial charge in [0.05, 0.1) is 47.9 Å². The Balaban J connectivity index is 1.30. The van der Waals surface area contributed by atoms with Crippen LogP contribution in [0.3, 0.4) is 0 Å². The van der Waals surface area contributed by atoms with Gasteiger partial charge in [0.1, 0.15) is 5.69 Å². The van der Waals surface area contributed by atoms with Gasteiger partial charge < -0.3 is 15.3 Å². The van der Waals surface area contributed by atoms with Gasteiger partial charge in [-0.25, -0.2) is 14.8 Å². The van der Waals surface area contributed by atoms with Gasteiger partial charge in [-0.2, -0.15) is 18.3 Å². The fraction of sp³-hybridized carbons (Fsp3) is 0.243. The van der Waals surface area contributed by atoms with Crippen molar-refractivity contribution in [3.63, 3.8) is 0 Å². The van der Waals surface area contributed by atoms with E-state index in [-0.39, 0.29) is 47.6 Å². The lowest BCUT2D eigenvalue weighted by atomic mass is 10.1. The number of hydrogen-bond donors (Lipinski definition) is 2. The molecule has 3 aromatic heterocycles. The monoisotopic (exact) mass is 788 g/mol. The van der Waals surface area contributed by atoms with Crippen molar-refractivity contribution in [1.82, 2.24) is 39.1 Å². The molecule has 0 radical (unpaired) electrons. The van der Waals surface area contributed by atoms with Crippen molar-refractivity contribution in [1.29, 1.82) is 0 Å². The number of imidazole rings is 1. The quantitative estimate of drug-likeness (QED) is 0.205. The predicted octanol–water partition coefficient (Wildman–Crippen LogP) is 5.58. The number of aliphatic hydroxyl groups is 1. The van der Waals surface area contributed by atoms with Crippen LogP contribution >= 0.6 is 15.9 Å². The average Bonchev–Trinajstić information content (AvgIpc) is 3.66. The SMILES string of the molecule is C[C@H](O)Cn1ncc2cc(-n3c(C(=O)NCc4ccccc4-c4ncccn4)c4n(c3=O)C[C@H](C)N(C(=O)c3ccc(Br)c(C(F)(F)F)c3)C4)ccc21. The summed E-state index contributed by atoms with van der Waals surface area (Å²) in [5.74, 6) is -0.837. The topological polar surface area (TPSA) is 140 Å². The van der Waals surface area contributed by atoms with E-state index < -0.39 is 41.4 Å². The van der Waals surface area contributed by atoms with Gasteiger partial charge >= 0.3 is 11.9 Å². The van der Waals surface area contributed by atoms with Crippen LogP contribution in [0.25, 0.3) is 28.0 Å². The second-order valence-corrected chi connectivity index (χ2v) is 13.7. The molecule has 1 aliphatic heterocycles. The van der Waals surface area contributed by atoms with Gasteiger partial charge in [0, 0.05) is 52.5 Å². The maximum absolute atomic E-state index is 14.4. The summed E-state index contributed by atoms with van der Waals surface area (Å²) in [6.07, 6.45) is -0.537. The Morgan fingerprint density at radius 3 is 2.55 bits per heavy atom. The number of aliphatic hydroxyl groups excluding tert-OH is 1. The third-order valence-corrected chi connectivity index (χ3v) is 9.81. The van der Waals surface area contributed by atoms with Gasteiger partial charge in [0.15, 0.2) is 5.82 Å². The number of aromatic nitrogens is 6. The molecule has 272 valence electrons. The normalized spacial score (nSPS) is 15.0. The lowest BCUT2D eigenvalue weighted by Gasteiger charge is -2.34. The number of fused-ring (bicyclic) bond motifs is 2. The van der Waals surface area contributed by atoms with Gasteiger partial charge in [0.2, 0.25) is 0 Å². The molecule has 16 heteroatoms. The molecule has 0 saturated carbocycles. The molecule has 2 N–H and O–H groups in total. The Hall–Kier alpha value is -5.61. The van der Waals surface area contributed by atoms with E-state index in [4.69, 9.17) is 0 Å². The number of nitrogens with one attached hydrogen (secondary N) is 1. The number of hydrogen-bond acceptors (Lipinski definition) is 7. The number of alkyl halides is 3. The minimum atomic E-state index is -4.70. The molecule has 7 rings (SSSR count). The van der Waals surface area contributed by atoms with Crippen LogP contribution in [0.2, 0.25) is 0 Å². The van der Waals surface area contributed by atoms with E-state index in [1.807, 2.05) is 24.3 Å². The summed E-state index contributed by atoms with van der Waals surface area (Å²) in [4.78, 5) is 52.5. The number of halogens is 4. The number of rotatable bonds is 8. The minimum Gasteiger partial charge on any atom is -0.391 e. The molecule has 0 spiro atoms. The molecule has 2 amide bonds. The van der Waals surface area contributed by atoms with Crippen LogP contribution in [-0.2, 0) is 32.4 Å². The van der Waals surface area contributed by atoms with Gasteiger partial charge in [-0.05, 0) is 61.9 Å². The summed E-state index contributed by atoms with van der Waals surface area (Å²) in [6, 6.07) is 16.8. The highest BCUT2D eigenvalue weighted by molar-refractivity contribution is 9.10. The smallest absolute Gasteiger partial charge is 0.391 e. The first kappa shape index (κ1) is 35.8. The van der Waals surface area contributed by atoms with Crippen molar-refractivity contribution in [2.45, 2.75) is 58.3 Å². The molecule has 4 heterocycles. The molecular weight excluding hydrogens is 757 g/mol. The van der Waals surface area contributed by atoms with Crippen LogP contribution in [0.5, 0.6) is 0 Å². The largest absolute Gasteiger partial charge is 0.417 e. The van der Waals surface area contributed by atoms with Crippen molar-refractivity contribution in [3.05, 3.63) is 128 Å². The van der Waals surface area contributed by atoms with E-state index in [1.54, 1.807) is 61.4 Å². The minimum absolute atomic E-state index is 0.0153. The molecule has 0 fully saturated rings. The van der Waals surface area contributed by atoms with E-state index in [9.17, 15) is 32.7 Å². The molecule has 6 aromatic rings. The third-order valence-electron chi connectivity index (χ3n) is 9.12. The van der Waals surface area contributed by atoms with Crippen molar-refractivity contribution in [2.75, 3.05) is 0 Å². The van der Waals surface area contributed by atoms with Crippen LogP contribution in [0.1, 0.15) is 51.5 Å². The molecule has 2 atom stereocenters. The third kappa shape index (κ3) is 6.87. The highest BCUT2D eigenvalue weighted by Gasteiger charge is 2.37. The van der Waals surface area contributed by atoms with E-state index in [0.29, 0.717) is 33.5 Å². The Kier molecular flexibility index (Phi) is 9.50. The molecule has 0 aliphatic carbocycles. The molecule has 12 nitrogen and oxygen atoms in total. The lowest BCUT2D eigenvalue weighted by Crippen LogP contribution is -2.47. The zero-order valence-corrected chi connectivity index (χ0v) is 30.0. The van der Waals surface area contributed by atoms with Crippen molar-refractivity contribution >= 4 is 38.6 Å². The Morgan fingerprint density at radius 2 is 1.81 bits per heavy atom. The van der Waals surface area contributed by atoms with E-state index in [0.717, 1.165) is 6.07 Å². The number of nitrogens with zero attached hydrogens (tertiary/aromatic N) is 7. The van der Waals surface area contributed by atoms with Gasteiger partial charge in [-0.1, -0.05) is 40.2 Å². The lowest BCUT2D eigenvalue weighted by molar-refractivity contribution is -0.138. The van der Waals surface area contributed by atoms with Crippen LogP contribution < -0.4 is 11.0 Å². The average molecular weight is 790 g/mol. The van der Waals surface area contributed by atoms with Crippen molar-refractivity contribution < 1.29 is 27.9 Å².